The van der Waals surface area contributed by atoms with E-state index in [2.05, 4.69) is 36.4 Å². The Morgan fingerprint density at radius 1 is 1.29 bits per heavy atom. The molecular formula is C10H15N3S. The molecule has 0 aromatic carbocycles. The van der Waals surface area contributed by atoms with Crippen molar-refractivity contribution in [2.24, 2.45) is 0 Å². The lowest BCUT2D eigenvalue weighted by molar-refractivity contribution is 0.515. The van der Waals surface area contributed by atoms with Crippen LogP contribution in [0.1, 0.15) is 20.8 Å². The first kappa shape index (κ1) is 10.9. The van der Waals surface area contributed by atoms with E-state index in [1.165, 1.54) is 0 Å². The molecule has 0 aliphatic rings. The van der Waals surface area contributed by atoms with Gasteiger partial charge in [0.15, 0.2) is 5.11 Å². The normalized spacial score (nSPS) is 10.8. The van der Waals surface area contributed by atoms with Crippen molar-refractivity contribution in [3.05, 3.63) is 24.5 Å². The molecule has 0 saturated heterocycles. The molecule has 1 rings (SSSR count). The maximum Gasteiger partial charge on any atom is 0.171 e. The average Bonchev–Trinajstić information content (AvgIpc) is 2.02. The Morgan fingerprint density at radius 3 is 2.36 bits per heavy atom. The molecule has 0 spiro atoms. The van der Waals surface area contributed by atoms with E-state index in [0.29, 0.717) is 5.11 Å². The second kappa shape index (κ2) is 4.37. The minimum absolute atomic E-state index is 0.0168. The smallest absolute Gasteiger partial charge is 0.171 e. The highest BCUT2D eigenvalue weighted by atomic mass is 32.1. The van der Waals surface area contributed by atoms with Crippen molar-refractivity contribution in [1.29, 1.82) is 0 Å². The highest BCUT2D eigenvalue weighted by molar-refractivity contribution is 7.80. The number of hydrogen-bond donors (Lipinski definition) is 2. The van der Waals surface area contributed by atoms with Crippen LogP contribution in [0.3, 0.4) is 0 Å². The molecule has 0 aliphatic heterocycles. The molecule has 0 aliphatic carbocycles. The summed E-state index contributed by atoms with van der Waals surface area (Å²) in [7, 11) is 0. The van der Waals surface area contributed by atoms with E-state index in [1.54, 1.807) is 12.4 Å². The van der Waals surface area contributed by atoms with Crippen LogP contribution in [0, 0.1) is 0 Å². The Bertz CT molecular complexity index is 303. The number of pyridine rings is 1. The molecule has 0 atom stereocenters. The van der Waals surface area contributed by atoms with Gasteiger partial charge in [0.05, 0.1) is 0 Å². The van der Waals surface area contributed by atoms with Crippen LogP contribution in [0.4, 0.5) is 5.69 Å². The summed E-state index contributed by atoms with van der Waals surface area (Å²) in [6.45, 7) is 6.19. The van der Waals surface area contributed by atoms with Crippen molar-refractivity contribution in [2.45, 2.75) is 26.3 Å². The van der Waals surface area contributed by atoms with Crippen molar-refractivity contribution >= 4 is 23.0 Å². The molecule has 1 aromatic rings. The average molecular weight is 209 g/mol. The molecule has 1 heterocycles. The van der Waals surface area contributed by atoms with Crippen molar-refractivity contribution in [1.82, 2.24) is 10.3 Å². The lowest BCUT2D eigenvalue weighted by Gasteiger charge is -2.22. The van der Waals surface area contributed by atoms with Gasteiger partial charge in [-0.1, -0.05) is 0 Å². The first-order chi connectivity index (χ1) is 6.47. The Labute approximate surface area is 89.9 Å². The van der Waals surface area contributed by atoms with Crippen molar-refractivity contribution < 1.29 is 0 Å². The van der Waals surface area contributed by atoms with E-state index in [9.17, 15) is 0 Å². The van der Waals surface area contributed by atoms with Crippen LogP contribution in [-0.2, 0) is 0 Å². The van der Waals surface area contributed by atoms with Crippen molar-refractivity contribution in [3.8, 4) is 0 Å². The van der Waals surface area contributed by atoms with Crippen LogP contribution in [-0.4, -0.2) is 15.6 Å². The van der Waals surface area contributed by atoms with Crippen LogP contribution in [0.25, 0.3) is 0 Å². The van der Waals surface area contributed by atoms with Gasteiger partial charge in [-0.3, -0.25) is 4.98 Å². The zero-order chi connectivity index (χ0) is 10.6. The summed E-state index contributed by atoms with van der Waals surface area (Å²) in [5.41, 5.74) is 0.929. The van der Waals surface area contributed by atoms with Crippen LogP contribution < -0.4 is 10.6 Å². The first-order valence-electron chi connectivity index (χ1n) is 4.46. The second-order valence-electron chi connectivity index (χ2n) is 4.07. The van der Waals surface area contributed by atoms with Crippen LogP contribution in [0.5, 0.6) is 0 Å². The number of nitrogens with zero attached hydrogens (tertiary/aromatic N) is 1. The minimum atomic E-state index is -0.0168. The molecule has 14 heavy (non-hydrogen) atoms. The fraction of sp³-hybridized carbons (Fsp3) is 0.400. The molecule has 0 unspecified atom stereocenters. The highest BCUT2D eigenvalue weighted by Crippen LogP contribution is 2.04. The molecule has 4 heteroatoms. The predicted molar refractivity (Wildman–Crippen MR) is 63.3 cm³/mol. The van der Waals surface area contributed by atoms with Gasteiger partial charge in [-0.25, -0.2) is 0 Å². The Kier molecular flexibility index (Phi) is 3.41. The number of nitrogens with one attached hydrogen (secondary N) is 2. The molecule has 76 valence electrons. The monoisotopic (exact) mass is 209 g/mol. The van der Waals surface area contributed by atoms with Gasteiger partial charge in [0.25, 0.3) is 0 Å². The van der Waals surface area contributed by atoms with Crippen molar-refractivity contribution in [2.75, 3.05) is 5.32 Å². The molecule has 0 amide bonds. The summed E-state index contributed by atoms with van der Waals surface area (Å²) in [5, 5.41) is 6.87. The van der Waals surface area contributed by atoms with E-state index in [1.807, 2.05) is 12.1 Å². The summed E-state index contributed by atoms with van der Waals surface area (Å²) in [4.78, 5) is 3.92. The van der Waals surface area contributed by atoms with E-state index in [4.69, 9.17) is 12.2 Å². The molecule has 2 N–H and O–H groups in total. The molecule has 0 fully saturated rings. The van der Waals surface area contributed by atoms with Gasteiger partial charge in [-0.15, -0.1) is 0 Å². The lowest BCUT2D eigenvalue weighted by atomic mass is 10.1. The number of thiocarbonyl (C=S) groups is 1. The predicted octanol–water partition coefficient (Wildman–Crippen LogP) is 2.17. The molecular weight excluding hydrogens is 194 g/mol. The van der Waals surface area contributed by atoms with Gasteiger partial charge in [0.2, 0.25) is 0 Å². The number of aromatic nitrogens is 1. The van der Waals surface area contributed by atoms with Crippen molar-refractivity contribution in [3.63, 3.8) is 0 Å². The van der Waals surface area contributed by atoms with Gasteiger partial charge >= 0.3 is 0 Å². The zero-order valence-electron chi connectivity index (χ0n) is 8.66. The topological polar surface area (TPSA) is 37.0 Å². The number of anilines is 1. The maximum atomic E-state index is 5.14. The maximum absolute atomic E-state index is 5.14. The third-order valence-electron chi connectivity index (χ3n) is 1.43. The number of rotatable bonds is 1. The molecule has 0 bridgehead atoms. The summed E-state index contributed by atoms with van der Waals surface area (Å²) in [6, 6.07) is 3.74. The van der Waals surface area contributed by atoms with Gasteiger partial charge in [0, 0.05) is 23.6 Å². The Morgan fingerprint density at radius 2 is 1.86 bits per heavy atom. The van der Waals surface area contributed by atoms with Crippen LogP contribution in [0.15, 0.2) is 24.5 Å². The first-order valence-corrected chi connectivity index (χ1v) is 4.87. The third-order valence-corrected chi connectivity index (χ3v) is 1.63. The van der Waals surface area contributed by atoms with E-state index in [-0.39, 0.29) is 5.54 Å². The summed E-state index contributed by atoms with van der Waals surface area (Å²) in [5.74, 6) is 0. The SMILES string of the molecule is CC(C)(C)NC(=S)Nc1ccncc1. The molecule has 1 aromatic heterocycles. The number of hydrogen-bond acceptors (Lipinski definition) is 2. The third kappa shape index (κ3) is 4.18. The van der Waals surface area contributed by atoms with Crippen LogP contribution >= 0.6 is 12.2 Å². The fourth-order valence-electron chi connectivity index (χ4n) is 0.938. The molecule has 0 saturated carbocycles. The highest BCUT2D eigenvalue weighted by Gasteiger charge is 2.10. The Balaban J connectivity index is 2.50. The molecule has 0 radical (unpaired) electrons. The lowest BCUT2D eigenvalue weighted by Crippen LogP contribution is -2.42. The van der Waals surface area contributed by atoms with E-state index < -0.39 is 0 Å². The largest absolute Gasteiger partial charge is 0.358 e. The fourth-order valence-corrected chi connectivity index (χ4v) is 1.36. The summed E-state index contributed by atoms with van der Waals surface area (Å²) >= 11 is 5.14. The van der Waals surface area contributed by atoms with Gasteiger partial charge in [-0.05, 0) is 45.1 Å². The van der Waals surface area contributed by atoms with Gasteiger partial charge < -0.3 is 10.6 Å². The van der Waals surface area contributed by atoms with Gasteiger partial charge in [-0.2, -0.15) is 0 Å². The second-order valence-corrected chi connectivity index (χ2v) is 4.47. The summed E-state index contributed by atoms with van der Waals surface area (Å²) < 4.78 is 0. The standard InChI is InChI=1S/C10H15N3S/c1-10(2,3)13-9(14)12-8-4-6-11-7-5-8/h4-7H,1-3H3,(H2,11,12,13,14). The Hall–Kier alpha value is -1.16. The van der Waals surface area contributed by atoms with Crippen LogP contribution in [0.2, 0.25) is 0 Å². The zero-order valence-corrected chi connectivity index (χ0v) is 9.48. The summed E-state index contributed by atoms with van der Waals surface area (Å²) in [6.07, 6.45) is 3.45. The van der Waals surface area contributed by atoms with E-state index >= 15 is 0 Å². The van der Waals surface area contributed by atoms with Gasteiger partial charge in [0.1, 0.15) is 0 Å². The quantitative estimate of drug-likeness (QED) is 0.695. The van der Waals surface area contributed by atoms with E-state index in [0.717, 1.165) is 5.69 Å². The molecule has 3 nitrogen and oxygen atoms in total. The minimum Gasteiger partial charge on any atom is -0.358 e.